The molecule has 0 bridgehead atoms. The average molecular weight is 240 g/mol. The van der Waals surface area contributed by atoms with E-state index in [1.54, 1.807) is 11.1 Å². The Balaban J connectivity index is 2.28. The fraction of sp³-hybridized carbons (Fsp3) is 0.200. The largest absolute Gasteiger partial charge is 0.309 e. The molecule has 0 saturated heterocycles. The van der Waals surface area contributed by atoms with Crippen LogP contribution in [0.2, 0.25) is 0 Å². The number of para-hydroxylation sites is 1. The lowest BCUT2D eigenvalue weighted by Crippen LogP contribution is -2.30. The van der Waals surface area contributed by atoms with Crippen molar-refractivity contribution in [1.82, 2.24) is 4.98 Å². The summed E-state index contributed by atoms with van der Waals surface area (Å²) < 4.78 is 0. The van der Waals surface area contributed by atoms with E-state index in [0.29, 0.717) is 12.1 Å². The summed E-state index contributed by atoms with van der Waals surface area (Å²) in [7, 11) is 0. The van der Waals surface area contributed by atoms with Crippen molar-refractivity contribution in [2.75, 3.05) is 11.4 Å². The van der Waals surface area contributed by atoms with Crippen molar-refractivity contribution in [2.45, 2.75) is 13.8 Å². The van der Waals surface area contributed by atoms with Gasteiger partial charge in [-0.25, -0.2) is 0 Å². The molecule has 0 saturated carbocycles. The van der Waals surface area contributed by atoms with Gasteiger partial charge in [-0.05, 0) is 38.1 Å². The number of aromatic nitrogens is 1. The van der Waals surface area contributed by atoms with Crippen molar-refractivity contribution in [3.05, 3.63) is 59.9 Å². The van der Waals surface area contributed by atoms with Gasteiger partial charge in [-0.1, -0.05) is 18.2 Å². The predicted molar refractivity (Wildman–Crippen MR) is 72.8 cm³/mol. The number of hydrogen-bond acceptors (Lipinski definition) is 2. The number of carbonyl (C=O) groups is 1. The lowest BCUT2D eigenvalue weighted by atomic mass is 10.2. The molecule has 0 fully saturated rings. The first kappa shape index (κ1) is 12.3. The van der Waals surface area contributed by atoms with Crippen molar-refractivity contribution in [1.29, 1.82) is 0 Å². The average Bonchev–Trinajstić information content (AvgIpc) is 2.41. The number of nitrogens with zero attached hydrogens (tertiary/aromatic N) is 2. The van der Waals surface area contributed by atoms with Crippen molar-refractivity contribution in [2.24, 2.45) is 0 Å². The van der Waals surface area contributed by atoms with E-state index in [2.05, 4.69) is 4.98 Å². The van der Waals surface area contributed by atoms with Gasteiger partial charge in [-0.2, -0.15) is 0 Å². The molecule has 0 aliphatic rings. The SMILES string of the molecule is CCN(C(=O)c1ccc(C)nc1)c1ccccc1. The molecule has 2 rings (SSSR count). The third-order valence-electron chi connectivity index (χ3n) is 2.79. The van der Waals surface area contributed by atoms with Crippen LogP contribution in [0.4, 0.5) is 5.69 Å². The summed E-state index contributed by atoms with van der Waals surface area (Å²) in [5, 5.41) is 0. The molecule has 0 aliphatic heterocycles. The third-order valence-corrected chi connectivity index (χ3v) is 2.79. The van der Waals surface area contributed by atoms with E-state index in [9.17, 15) is 4.79 Å². The zero-order chi connectivity index (χ0) is 13.0. The van der Waals surface area contributed by atoms with Gasteiger partial charge in [0.15, 0.2) is 0 Å². The topological polar surface area (TPSA) is 33.2 Å². The molecular formula is C15H16N2O. The molecule has 0 radical (unpaired) electrons. The Bertz CT molecular complexity index is 520. The van der Waals surface area contributed by atoms with Crippen LogP contribution in [0.3, 0.4) is 0 Å². The van der Waals surface area contributed by atoms with Crippen LogP contribution in [-0.2, 0) is 0 Å². The van der Waals surface area contributed by atoms with Crippen LogP contribution in [0, 0.1) is 6.92 Å². The van der Waals surface area contributed by atoms with Gasteiger partial charge in [0, 0.05) is 24.1 Å². The fourth-order valence-electron chi connectivity index (χ4n) is 1.80. The van der Waals surface area contributed by atoms with Crippen LogP contribution in [-0.4, -0.2) is 17.4 Å². The first-order chi connectivity index (χ1) is 8.72. The van der Waals surface area contributed by atoms with Gasteiger partial charge in [0.1, 0.15) is 0 Å². The van der Waals surface area contributed by atoms with E-state index in [1.165, 1.54) is 0 Å². The maximum absolute atomic E-state index is 12.4. The molecule has 0 spiro atoms. The normalized spacial score (nSPS) is 10.1. The summed E-state index contributed by atoms with van der Waals surface area (Å²) in [6, 6.07) is 13.3. The summed E-state index contributed by atoms with van der Waals surface area (Å²) in [5.41, 5.74) is 2.44. The van der Waals surface area contributed by atoms with Gasteiger partial charge >= 0.3 is 0 Å². The van der Waals surface area contributed by atoms with E-state index in [4.69, 9.17) is 0 Å². The molecule has 0 N–H and O–H groups in total. The zero-order valence-corrected chi connectivity index (χ0v) is 10.6. The minimum absolute atomic E-state index is 0.0174. The number of anilines is 1. The van der Waals surface area contributed by atoms with Gasteiger partial charge in [-0.3, -0.25) is 9.78 Å². The second-order valence-corrected chi connectivity index (χ2v) is 4.07. The van der Waals surface area contributed by atoms with Gasteiger partial charge in [0.2, 0.25) is 0 Å². The summed E-state index contributed by atoms with van der Waals surface area (Å²) in [6.07, 6.45) is 1.63. The maximum atomic E-state index is 12.4. The molecule has 0 atom stereocenters. The van der Waals surface area contributed by atoms with Crippen LogP contribution in [0.5, 0.6) is 0 Å². The summed E-state index contributed by atoms with van der Waals surface area (Å²) >= 11 is 0. The molecule has 2 aromatic rings. The minimum atomic E-state index is -0.0174. The molecule has 1 aromatic heterocycles. The standard InChI is InChI=1S/C15H16N2O/c1-3-17(14-7-5-4-6-8-14)15(18)13-10-9-12(2)16-11-13/h4-11H,3H2,1-2H3. The predicted octanol–water partition coefficient (Wildman–Crippen LogP) is 3.06. The number of aryl methyl sites for hydroxylation is 1. The first-order valence-electron chi connectivity index (χ1n) is 6.02. The van der Waals surface area contributed by atoms with Crippen molar-refractivity contribution < 1.29 is 4.79 Å². The van der Waals surface area contributed by atoms with Crippen LogP contribution in [0.25, 0.3) is 0 Å². The van der Waals surface area contributed by atoms with E-state index in [0.717, 1.165) is 11.4 Å². The van der Waals surface area contributed by atoms with Crippen LogP contribution < -0.4 is 4.90 Å². The smallest absolute Gasteiger partial charge is 0.259 e. The highest BCUT2D eigenvalue weighted by atomic mass is 16.2. The molecule has 0 unspecified atom stereocenters. The highest BCUT2D eigenvalue weighted by Crippen LogP contribution is 2.16. The molecule has 18 heavy (non-hydrogen) atoms. The number of pyridine rings is 1. The van der Waals surface area contributed by atoms with Crippen LogP contribution >= 0.6 is 0 Å². The lowest BCUT2D eigenvalue weighted by Gasteiger charge is -2.20. The molecule has 3 nitrogen and oxygen atoms in total. The Hall–Kier alpha value is -2.16. The number of amides is 1. The Kier molecular flexibility index (Phi) is 3.72. The fourth-order valence-corrected chi connectivity index (χ4v) is 1.80. The second kappa shape index (κ2) is 5.45. The number of benzene rings is 1. The maximum Gasteiger partial charge on any atom is 0.259 e. The van der Waals surface area contributed by atoms with Gasteiger partial charge in [0.25, 0.3) is 5.91 Å². The van der Waals surface area contributed by atoms with Gasteiger partial charge in [0.05, 0.1) is 5.56 Å². The highest BCUT2D eigenvalue weighted by molar-refractivity contribution is 6.05. The van der Waals surface area contributed by atoms with Crippen molar-refractivity contribution in [3.63, 3.8) is 0 Å². The Morgan fingerprint density at radius 1 is 1.17 bits per heavy atom. The molecule has 1 heterocycles. The van der Waals surface area contributed by atoms with E-state index < -0.39 is 0 Å². The summed E-state index contributed by atoms with van der Waals surface area (Å²) in [4.78, 5) is 18.3. The zero-order valence-electron chi connectivity index (χ0n) is 10.6. The lowest BCUT2D eigenvalue weighted by molar-refractivity contribution is 0.0988. The number of hydrogen-bond donors (Lipinski definition) is 0. The van der Waals surface area contributed by atoms with Crippen LogP contribution in [0.15, 0.2) is 48.7 Å². The van der Waals surface area contributed by atoms with Crippen molar-refractivity contribution in [3.8, 4) is 0 Å². The first-order valence-corrected chi connectivity index (χ1v) is 6.02. The van der Waals surface area contributed by atoms with Crippen LogP contribution in [0.1, 0.15) is 23.0 Å². The Morgan fingerprint density at radius 2 is 1.89 bits per heavy atom. The number of carbonyl (C=O) groups excluding carboxylic acids is 1. The van der Waals surface area contributed by atoms with Gasteiger partial charge in [-0.15, -0.1) is 0 Å². The Labute approximate surface area is 107 Å². The third kappa shape index (κ3) is 2.56. The summed E-state index contributed by atoms with van der Waals surface area (Å²) in [5.74, 6) is -0.0174. The minimum Gasteiger partial charge on any atom is -0.309 e. The Morgan fingerprint density at radius 3 is 2.44 bits per heavy atom. The summed E-state index contributed by atoms with van der Waals surface area (Å²) in [6.45, 7) is 4.51. The highest BCUT2D eigenvalue weighted by Gasteiger charge is 2.15. The molecule has 1 aromatic carbocycles. The van der Waals surface area contributed by atoms with E-state index in [1.807, 2.05) is 56.3 Å². The molecule has 3 heteroatoms. The molecule has 0 aliphatic carbocycles. The van der Waals surface area contributed by atoms with E-state index in [-0.39, 0.29) is 5.91 Å². The molecule has 92 valence electrons. The molecule has 1 amide bonds. The molecular weight excluding hydrogens is 224 g/mol. The van der Waals surface area contributed by atoms with E-state index >= 15 is 0 Å². The monoisotopic (exact) mass is 240 g/mol. The number of rotatable bonds is 3. The quantitative estimate of drug-likeness (QED) is 0.826. The second-order valence-electron chi connectivity index (χ2n) is 4.07. The van der Waals surface area contributed by atoms with Gasteiger partial charge < -0.3 is 4.90 Å². The van der Waals surface area contributed by atoms with Crippen molar-refractivity contribution >= 4 is 11.6 Å².